The van der Waals surface area contributed by atoms with Gasteiger partial charge in [-0.25, -0.2) is 14.6 Å². The number of ether oxygens (including phenoxy) is 1. The number of fused-ring (bicyclic) bond motifs is 3. The van der Waals surface area contributed by atoms with Gasteiger partial charge in [0.25, 0.3) is 5.91 Å². The Bertz CT molecular complexity index is 1230. The number of aromatic nitrogens is 1. The number of carbonyl (C=O) groups is 3. The minimum Gasteiger partial charge on any atom is -0.480 e. The molecular weight excluding hydrogens is 458 g/mol. The van der Waals surface area contributed by atoms with Crippen molar-refractivity contribution in [2.24, 2.45) is 0 Å². The van der Waals surface area contributed by atoms with Crippen LogP contribution in [-0.4, -0.2) is 63.4 Å². The average Bonchev–Trinajstić information content (AvgIpc) is 3.53. The van der Waals surface area contributed by atoms with Gasteiger partial charge in [0.2, 0.25) is 0 Å². The molecule has 9 nitrogen and oxygen atoms in total. The maximum atomic E-state index is 12.7. The van der Waals surface area contributed by atoms with Crippen molar-refractivity contribution < 1.29 is 29.3 Å². The lowest BCUT2D eigenvalue weighted by molar-refractivity contribution is -0.141. The van der Waals surface area contributed by atoms with Gasteiger partial charge in [0.05, 0.1) is 12.3 Å². The van der Waals surface area contributed by atoms with Crippen LogP contribution >= 0.6 is 11.3 Å². The summed E-state index contributed by atoms with van der Waals surface area (Å²) in [7, 11) is 0. The molecule has 0 saturated carbocycles. The number of benzene rings is 2. The van der Waals surface area contributed by atoms with Crippen molar-refractivity contribution in [2.75, 3.05) is 18.5 Å². The van der Waals surface area contributed by atoms with Crippen molar-refractivity contribution >= 4 is 34.4 Å². The monoisotopic (exact) mass is 479 g/mol. The highest BCUT2D eigenvalue weighted by Crippen LogP contribution is 2.44. The molecule has 2 aliphatic rings. The van der Waals surface area contributed by atoms with Gasteiger partial charge >= 0.3 is 12.1 Å². The zero-order chi connectivity index (χ0) is 23.8. The summed E-state index contributed by atoms with van der Waals surface area (Å²) in [6.45, 7) is 0.0752. The Morgan fingerprint density at radius 1 is 1.09 bits per heavy atom. The number of aliphatic carboxylic acids is 1. The molecule has 5 rings (SSSR count). The topological polar surface area (TPSA) is 129 Å². The first kappa shape index (κ1) is 22.1. The van der Waals surface area contributed by atoms with E-state index in [0.29, 0.717) is 0 Å². The number of likely N-dealkylation sites (tertiary alicyclic amines) is 1. The highest BCUT2D eigenvalue weighted by molar-refractivity contribution is 7.17. The van der Waals surface area contributed by atoms with E-state index >= 15 is 0 Å². The number of anilines is 1. The Labute approximate surface area is 198 Å². The second-order valence-corrected chi connectivity index (χ2v) is 9.21. The Morgan fingerprint density at radius 3 is 2.38 bits per heavy atom. The van der Waals surface area contributed by atoms with Gasteiger partial charge in [0.15, 0.2) is 5.13 Å². The van der Waals surface area contributed by atoms with Gasteiger partial charge in [-0.1, -0.05) is 59.9 Å². The van der Waals surface area contributed by atoms with Crippen molar-refractivity contribution in [3.63, 3.8) is 0 Å². The molecule has 0 radical (unpaired) electrons. The molecule has 0 bridgehead atoms. The first-order chi connectivity index (χ1) is 16.4. The summed E-state index contributed by atoms with van der Waals surface area (Å²) in [6.07, 6.45) is -0.341. The molecule has 0 unspecified atom stereocenters. The smallest absolute Gasteiger partial charge is 0.413 e. The first-order valence-corrected chi connectivity index (χ1v) is 11.5. The predicted molar refractivity (Wildman–Crippen MR) is 124 cm³/mol. The van der Waals surface area contributed by atoms with Gasteiger partial charge < -0.3 is 19.8 Å². The van der Waals surface area contributed by atoms with Crippen LogP contribution in [0.4, 0.5) is 9.93 Å². The van der Waals surface area contributed by atoms with Crippen LogP contribution in [0, 0.1) is 0 Å². The highest BCUT2D eigenvalue weighted by Gasteiger charge is 2.40. The van der Waals surface area contributed by atoms with E-state index in [9.17, 15) is 24.6 Å². The van der Waals surface area contributed by atoms with E-state index in [0.717, 1.165) is 38.5 Å². The fourth-order valence-electron chi connectivity index (χ4n) is 4.57. The normalized spacial score (nSPS) is 18.9. The molecule has 1 saturated heterocycles. The number of aliphatic hydroxyl groups excluding tert-OH is 1. The summed E-state index contributed by atoms with van der Waals surface area (Å²) in [5.41, 5.74) is 4.45. The quantitative estimate of drug-likeness (QED) is 0.513. The number of thiazole rings is 1. The van der Waals surface area contributed by atoms with Crippen molar-refractivity contribution in [3.05, 3.63) is 70.7 Å². The van der Waals surface area contributed by atoms with Gasteiger partial charge in [-0.15, -0.1) is 0 Å². The number of hydrogen-bond acceptors (Lipinski definition) is 7. The van der Waals surface area contributed by atoms with Crippen LogP contribution < -0.4 is 5.32 Å². The van der Waals surface area contributed by atoms with Crippen LogP contribution in [0.2, 0.25) is 0 Å². The molecule has 34 heavy (non-hydrogen) atoms. The molecule has 2 heterocycles. The van der Waals surface area contributed by atoms with E-state index in [4.69, 9.17) is 4.74 Å². The largest absolute Gasteiger partial charge is 0.480 e. The number of carboxylic acids is 1. The van der Waals surface area contributed by atoms with Crippen LogP contribution in [0.25, 0.3) is 11.1 Å². The molecule has 3 N–H and O–H groups in total. The van der Waals surface area contributed by atoms with Crippen LogP contribution in [-0.2, 0) is 9.53 Å². The fraction of sp³-hybridized carbons (Fsp3) is 0.250. The summed E-state index contributed by atoms with van der Waals surface area (Å²) in [5, 5.41) is 21.8. The van der Waals surface area contributed by atoms with Crippen molar-refractivity contribution in [3.8, 4) is 11.1 Å². The number of β-amino-alcohol motifs (C(OH)–C–C–N with tert-alkyl or cyclic N) is 1. The second kappa shape index (κ2) is 8.88. The summed E-state index contributed by atoms with van der Waals surface area (Å²) >= 11 is 0.918. The van der Waals surface area contributed by atoms with E-state index in [2.05, 4.69) is 22.4 Å². The van der Waals surface area contributed by atoms with Gasteiger partial charge in [0, 0.05) is 18.9 Å². The third kappa shape index (κ3) is 4.02. The zero-order valence-electron chi connectivity index (χ0n) is 17.9. The number of rotatable bonds is 5. The Kier molecular flexibility index (Phi) is 5.76. The number of carboxylic acid groups (broad SMARTS) is 1. The van der Waals surface area contributed by atoms with Crippen molar-refractivity contribution in [1.82, 2.24) is 9.88 Å². The summed E-state index contributed by atoms with van der Waals surface area (Å²) in [6, 6.07) is 14.9. The van der Waals surface area contributed by atoms with Gasteiger partial charge in [-0.3, -0.25) is 10.1 Å². The SMILES string of the molecule is O=C(Nc1ncc(C(=O)N2C[C@H](O)C[C@H]2C(=O)O)s1)OCC1c2ccccc2-c2ccccc21. The maximum Gasteiger partial charge on any atom is 0.413 e. The molecule has 10 heteroatoms. The third-order valence-corrected chi connectivity index (χ3v) is 6.99. The van der Waals surface area contributed by atoms with Gasteiger partial charge in [-0.2, -0.15) is 0 Å². The maximum absolute atomic E-state index is 12.7. The number of aliphatic hydroxyl groups is 1. The highest BCUT2D eigenvalue weighted by atomic mass is 32.1. The molecule has 2 atom stereocenters. The third-order valence-electron chi connectivity index (χ3n) is 6.09. The summed E-state index contributed by atoms with van der Waals surface area (Å²) < 4.78 is 5.49. The molecule has 0 spiro atoms. The lowest BCUT2D eigenvalue weighted by Crippen LogP contribution is -2.40. The fourth-order valence-corrected chi connectivity index (χ4v) is 5.32. The lowest BCUT2D eigenvalue weighted by atomic mass is 9.98. The van der Waals surface area contributed by atoms with Crippen LogP contribution in [0.15, 0.2) is 54.7 Å². The molecule has 174 valence electrons. The molecule has 1 aliphatic heterocycles. The Hall–Kier alpha value is -3.76. The molecule has 1 fully saturated rings. The second-order valence-electron chi connectivity index (χ2n) is 8.18. The minimum absolute atomic E-state index is 0.0231. The molecule has 1 aromatic heterocycles. The van der Waals surface area contributed by atoms with Gasteiger partial charge in [0.1, 0.15) is 17.5 Å². The lowest BCUT2D eigenvalue weighted by Gasteiger charge is -2.19. The number of nitrogens with one attached hydrogen (secondary N) is 1. The van der Waals surface area contributed by atoms with Gasteiger partial charge in [-0.05, 0) is 22.3 Å². The predicted octanol–water partition coefficient (Wildman–Crippen LogP) is 3.16. The average molecular weight is 480 g/mol. The first-order valence-electron chi connectivity index (χ1n) is 10.7. The molecule has 1 aliphatic carbocycles. The molecule has 3 aromatic rings. The number of carbonyl (C=O) groups excluding carboxylic acids is 2. The number of hydrogen-bond donors (Lipinski definition) is 3. The van der Waals surface area contributed by atoms with Crippen LogP contribution in [0.1, 0.15) is 33.1 Å². The van der Waals surface area contributed by atoms with E-state index in [-0.39, 0.29) is 35.5 Å². The van der Waals surface area contributed by atoms with Crippen molar-refractivity contribution in [1.29, 1.82) is 0 Å². The Morgan fingerprint density at radius 2 is 1.74 bits per heavy atom. The zero-order valence-corrected chi connectivity index (χ0v) is 18.7. The Balaban J connectivity index is 1.23. The van der Waals surface area contributed by atoms with Crippen molar-refractivity contribution in [2.45, 2.75) is 24.5 Å². The molecule has 2 amide bonds. The number of nitrogens with zero attached hydrogens (tertiary/aromatic N) is 2. The number of amides is 2. The van der Waals surface area contributed by atoms with Crippen LogP contribution in [0.3, 0.4) is 0 Å². The van der Waals surface area contributed by atoms with E-state index in [1.807, 2.05) is 36.4 Å². The van der Waals surface area contributed by atoms with E-state index in [1.165, 1.54) is 6.20 Å². The van der Waals surface area contributed by atoms with E-state index < -0.39 is 30.1 Å². The summed E-state index contributed by atoms with van der Waals surface area (Å²) in [4.78, 5) is 41.9. The van der Waals surface area contributed by atoms with E-state index in [1.54, 1.807) is 0 Å². The molecular formula is C24H21N3O6S. The van der Waals surface area contributed by atoms with Crippen LogP contribution in [0.5, 0.6) is 0 Å². The standard InChI is InChI=1S/C24H21N3O6S/c28-13-9-19(22(30)31)27(11-13)21(29)20-10-25-23(34-20)26-24(32)33-12-18-16-7-3-1-5-14(16)15-6-2-4-8-17(15)18/h1-8,10,13,18-19,28H,9,11-12H2,(H,30,31)(H,25,26,32)/t13-,19+/m1/s1. The summed E-state index contributed by atoms with van der Waals surface area (Å²) in [5.74, 6) is -1.81. The molecule has 2 aromatic carbocycles. The minimum atomic E-state index is -1.17.